The number of alkyl halides is 3. The molecule has 7 heteroatoms. The largest absolute Gasteiger partial charge is 0.573 e. The van der Waals surface area contributed by atoms with Crippen molar-refractivity contribution in [3.63, 3.8) is 0 Å². The molecule has 1 fully saturated rings. The van der Waals surface area contributed by atoms with Crippen LogP contribution in [0.5, 0.6) is 5.75 Å². The van der Waals surface area contributed by atoms with Crippen LogP contribution >= 0.6 is 0 Å². The molecule has 1 amide bonds. The van der Waals surface area contributed by atoms with E-state index in [0.717, 1.165) is 13.1 Å². The number of nitrogens with one attached hydrogen (secondary N) is 1. The average Bonchev–Trinajstić information content (AvgIpc) is 2.80. The number of quaternary nitrogens is 1. The molecule has 3 aromatic carbocycles. The quantitative estimate of drug-likeness (QED) is 0.655. The lowest BCUT2D eigenvalue weighted by atomic mass is 9.96. The minimum atomic E-state index is -4.75. The molecule has 4 rings (SSSR count). The van der Waals surface area contributed by atoms with Crippen LogP contribution in [0.1, 0.15) is 27.5 Å². The van der Waals surface area contributed by atoms with Crippen LogP contribution in [0.25, 0.3) is 0 Å². The zero-order valence-corrected chi connectivity index (χ0v) is 17.4. The van der Waals surface area contributed by atoms with Gasteiger partial charge in [-0.3, -0.25) is 4.79 Å². The van der Waals surface area contributed by atoms with Gasteiger partial charge in [-0.15, -0.1) is 13.2 Å². The van der Waals surface area contributed by atoms with Crippen LogP contribution in [-0.4, -0.2) is 43.3 Å². The summed E-state index contributed by atoms with van der Waals surface area (Å²) in [6.07, 6.45) is -4.75. The van der Waals surface area contributed by atoms with Crippen molar-refractivity contribution in [1.82, 2.24) is 4.90 Å². The summed E-state index contributed by atoms with van der Waals surface area (Å²) < 4.78 is 40.9. The fourth-order valence-electron chi connectivity index (χ4n) is 4.22. The molecular formula is C25H24F3N2O2+. The van der Waals surface area contributed by atoms with Crippen molar-refractivity contribution in [2.24, 2.45) is 0 Å². The summed E-state index contributed by atoms with van der Waals surface area (Å²) in [6.45, 7) is 2.70. The van der Waals surface area contributed by atoms with Gasteiger partial charge >= 0.3 is 6.36 Å². The highest BCUT2D eigenvalue weighted by Gasteiger charge is 2.33. The molecule has 0 aliphatic carbocycles. The van der Waals surface area contributed by atoms with Crippen molar-refractivity contribution < 1.29 is 27.6 Å². The first-order chi connectivity index (χ1) is 15.4. The maximum atomic E-state index is 12.9. The fourth-order valence-corrected chi connectivity index (χ4v) is 4.22. The average molecular weight is 441 g/mol. The van der Waals surface area contributed by atoms with Gasteiger partial charge in [0.2, 0.25) is 0 Å². The van der Waals surface area contributed by atoms with Crippen molar-refractivity contribution in [1.29, 1.82) is 0 Å². The lowest BCUT2D eigenvalue weighted by Crippen LogP contribution is -3.15. The molecule has 1 saturated heterocycles. The second-order valence-electron chi connectivity index (χ2n) is 7.78. The lowest BCUT2D eigenvalue weighted by Gasteiger charge is -2.37. The van der Waals surface area contributed by atoms with Crippen LogP contribution in [-0.2, 0) is 0 Å². The smallest absolute Gasteiger partial charge is 0.406 e. The number of hydrogen-bond donors (Lipinski definition) is 1. The van der Waals surface area contributed by atoms with Crippen LogP contribution in [0.3, 0.4) is 0 Å². The van der Waals surface area contributed by atoms with Crippen LogP contribution in [0, 0.1) is 0 Å². The topological polar surface area (TPSA) is 34.0 Å². The number of halogens is 3. The maximum absolute atomic E-state index is 12.9. The van der Waals surface area contributed by atoms with Gasteiger partial charge in [0.25, 0.3) is 5.91 Å². The first kappa shape index (κ1) is 21.9. The van der Waals surface area contributed by atoms with Gasteiger partial charge in [-0.2, -0.15) is 0 Å². The van der Waals surface area contributed by atoms with E-state index in [1.165, 1.54) is 40.3 Å². The Morgan fingerprint density at radius 1 is 0.812 bits per heavy atom. The lowest BCUT2D eigenvalue weighted by molar-refractivity contribution is -0.929. The Bertz CT molecular complexity index is 977. The first-order valence-corrected chi connectivity index (χ1v) is 10.5. The van der Waals surface area contributed by atoms with E-state index < -0.39 is 6.36 Å². The number of carbonyl (C=O) groups excluding carboxylic acids is 1. The summed E-state index contributed by atoms with van der Waals surface area (Å²) in [4.78, 5) is 16.0. The minimum absolute atomic E-state index is 0.174. The fraction of sp³-hybridized carbons (Fsp3) is 0.240. The third-order valence-corrected chi connectivity index (χ3v) is 5.70. The predicted molar refractivity (Wildman–Crippen MR) is 114 cm³/mol. The molecule has 4 nitrogen and oxygen atoms in total. The highest BCUT2D eigenvalue weighted by molar-refractivity contribution is 5.94. The van der Waals surface area contributed by atoms with Crippen molar-refractivity contribution in [3.05, 3.63) is 102 Å². The second kappa shape index (κ2) is 9.44. The molecule has 3 aromatic rings. The summed E-state index contributed by atoms with van der Waals surface area (Å²) in [7, 11) is 0. The molecule has 32 heavy (non-hydrogen) atoms. The molecule has 1 N–H and O–H groups in total. The van der Waals surface area contributed by atoms with Gasteiger partial charge in [-0.25, -0.2) is 0 Å². The summed E-state index contributed by atoms with van der Waals surface area (Å²) >= 11 is 0. The van der Waals surface area contributed by atoms with Crippen molar-refractivity contribution in [3.8, 4) is 5.75 Å². The Morgan fingerprint density at radius 2 is 1.31 bits per heavy atom. The maximum Gasteiger partial charge on any atom is 0.573 e. The number of benzene rings is 3. The SMILES string of the molecule is O=C(c1ccc(OC(F)(F)F)cc1)N1CC[NH+](C(c2ccccc2)c2ccccc2)CC1. The summed E-state index contributed by atoms with van der Waals surface area (Å²) in [6, 6.07) is 25.9. The molecule has 0 spiro atoms. The number of hydrogen-bond acceptors (Lipinski definition) is 2. The highest BCUT2D eigenvalue weighted by Crippen LogP contribution is 2.23. The van der Waals surface area contributed by atoms with Crippen LogP contribution in [0.4, 0.5) is 13.2 Å². The van der Waals surface area contributed by atoms with Crippen LogP contribution < -0.4 is 9.64 Å². The van der Waals surface area contributed by atoms with Crippen LogP contribution in [0.15, 0.2) is 84.9 Å². The Balaban J connectivity index is 1.44. The van der Waals surface area contributed by atoms with Gasteiger partial charge in [0.15, 0.2) is 0 Å². The van der Waals surface area contributed by atoms with E-state index in [0.29, 0.717) is 18.7 Å². The first-order valence-electron chi connectivity index (χ1n) is 10.5. The van der Waals surface area contributed by atoms with E-state index in [1.807, 2.05) is 36.4 Å². The predicted octanol–water partition coefficient (Wildman–Crippen LogP) is 3.72. The normalized spacial score (nSPS) is 15.1. The monoisotopic (exact) mass is 441 g/mol. The Morgan fingerprint density at radius 3 is 1.78 bits per heavy atom. The molecular weight excluding hydrogens is 417 g/mol. The van der Waals surface area contributed by atoms with Crippen LogP contribution in [0.2, 0.25) is 0 Å². The second-order valence-corrected chi connectivity index (χ2v) is 7.78. The van der Waals surface area contributed by atoms with Crippen molar-refractivity contribution in [2.75, 3.05) is 26.2 Å². The van der Waals surface area contributed by atoms with Crippen molar-refractivity contribution in [2.45, 2.75) is 12.4 Å². The number of nitrogens with zero attached hydrogens (tertiary/aromatic N) is 1. The third-order valence-electron chi connectivity index (χ3n) is 5.70. The van der Waals surface area contributed by atoms with Gasteiger partial charge < -0.3 is 14.5 Å². The minimum Gasteiger partial charge on any atom is -0.406 e. The van der Waals surface area contributed by atoms with Gasteiger partial charge in [0.1, 0.15) is 11.8 Å². The molecule has 0 atom stereocenters. The molecule has 1 heterocycles. The zero-order valence-electron chi connectivity index (χ0n) is 17.4. The molecule has 1 aliphatic heterocycles. The van der Waals surface area contributed by atoms with Gasteiger partial charge in [0.05, 0.1) is 26.2 Å². The van der Waals surface area contributed by atoms with E-state index in [9.17, 15) is 18.0 Å². The molecule has 0 unspecified atom stereocenters. The summed E-state index contributed by atoms with van der Waals surface area (Å²) in [5.41, 5.74) is 2.81. The zero-order chi connectivity index (χ0) is 22.6. The van der Waals surface area contributed by atoms with E-state index in [2.05, 4.69) is 29.0 Å². The van der Waals surface area contributed by atoms with E-state index in [4.69, 9.17) is 0 Å². The molecule has 0 saturated carbocycles. The van der Waals surface area contributed by atoms with Gasteiger partial charge in [-0.1, -0.05) is 60.7 Å². The summed E-state index contributed by atoms with van der Waals surface area (Å²) in [5, 5.41) is 0. The Kier molecular flexibility index (Phi) is 6.46. The summed E-state index contributed by atoms with van der Waals surface area (Å²) in [5.74, 6) is -0.518. The van der Waals surface area contributed by atoms with E-state index in [1.54, 1.807) is 4.90 Å². The highest BCUT2D eigenvalue weighted by atomic mass is 19.4. The van der Waals surface area contributed by atoms with Gasteiger partial charge in [0, 0.05) is 16.7 Å². The number of carbonyl (C=O) groups is 1. The molecule has 1 aliphatic rings. The van der Waals surface area contributed by atoms with Gasteiger partial charge in [-0.05, 0) is 24.3 Å². The standard InChI is InChI=1S/C25H23F3N2O2/c26-25(27,28)32-22-13-11-21(12-14-22)24(31)30-17-15-29(16-18-30)23(19-7-3-1-4-8-19)20-9-5-2-6-10-20/h1-14,23H,15-18H2/p+1. The number of amides is 1. The molecule has 0 bridgehead atoms. The van der Waals surface area contributed by atoms with Crippen molar-refractivity contribution >= 4 is 5.91 Å². The third kappa shape index (κ3) is 5.29. The molecule has 166 valence electrons. The van der Waals surface area contributed by atoms with E-state index in [-0.39, 0.29) is 17.7 Å². The number of ether oxygens (including phenoxy) is 1. The molecule has 0 aromatic heterocycles. The molecule has 0 radical (unpaired) electrons. The Labute approximate surface area is 184 Å². The number of piperazine rings is 1. The Hall–Kier alpha value is -3.32. The number of rotatable bonds is 5. The van der Waals surface area contributed by atoms with E-state index >= 15 is 0 Å².